The number of amides is 3. The normalized spacial score (nSPS) is 10.2. The quantitative estimate of drug-likeness (QED) is 0.541. The van der Waals surface area contributed by atoms with E-state index in [4.69, 9.17) is 4.74 Å². The highest BCUT2D eigenvalue weighted by atomic mass is 32.2. The lowest BCUT2D eigenvalue weighted by Gasteiger charge is -2.08. The Labute approximate surface area is 156 Å². The molecule has 8 nitrogen and oxygen atoms in total. The van der Waals surface area contributed by atoms with Gasteiger partial charge in [0.25, 0.3) is 0 Å². The number of ether oxygens (including phenoxy) is 1. The maximum atomic E-state index is 11.8. The monoisotopic (exact) mass is 375 g/mol. The summed E-state index contributed by atoms with van der Waals surface area (Å²) in [7, 11) is 1.61. The van der Waals surface area contributed by atoms with E-state index < -0.39 is 11.9 Å². The van der Waals surface area contributed by atoms with Crippen LogP contribution < -0.4 is 15.4 Å². The van der Waals surface area contributed by atoms with Crippen molar-refractivity contribution in [2.75, 3.05) is 19.4 Å². The maximum Gasteiger partial charge on any atom is 0.321 e. The number of nitrogens with zero attached hydrogens (tertiary/aromatic N) is 3. The summed E-state index contributed by atoms with van der Waals surface area (Å²) in [5.41, 5.74) is 0.903. The Morgan fingerprint density at radius 3 is 2.65 bits per heavy atom. The molecule has 0 saturated heterocycles. The van der Waals surface area contributed by atoms with Gasteiger partial charge in [0.15, 0.2) is 11.0 Å². The lowest BCUT2D eigenvalue weighted by molar-refractivity contribution is -0.117. The van der Waals surface area contributed by atoms with Crippen molar-refractivity contribution < 1.29 is 14.3 Å². The van der Waals surface area contributed by atoms with Gasteiger partial charge in [0.1, 0.15) is 5.75 Å². The van der Waals surface area contributed by atoms with Crippen LogP contribution in [0.5, 0.6) is 5.75 Å². The summed E-state index contributed by atoms with van der Waals surface area (Å²) in [6.07, 6.45) is 1.53. The number of urea groups is 1. The summed E-state index contributed by atoms with van der Waals surface area (Å²) in [6.45, 7) is 6.41. The van der Waals surface area contributed by atoms with Crippen molar-refractivity contribution in [3.63, 3.8) is 0 Å². The Bertz CT molecular complexity index is 773. The van der Waals surface area contributed by atoms with Crippen LogP contribution in [0, 0.1) is 0 Å². The van der Waals surface area contributed by atoms with Crippen LogP contribution in [0.4, 0.5) is 4.79 Å². The highest BCUT2D eigenvalue weighted by Gasteiger charge is 2.15. The van der Waals surface area contributed by atoms with Crippen molar-refractivity contribution in [1.82, 2.24) is 25.4 Å². The summed E-state index contributed by atoms with van der Waals surface area (Å²) in [6, 6.07) is 6.96. The van der Waals surface area contributed by atoms with Crippen molar-refractivity contribution in [1.29, 1.82) is 0 Å². The van der Waals surface area contributed by atoms with Gasteiger partial charge in [-0.3, -0.25) is 10.1 Å². The van der Waals surface area contributed by atoms with E-state index in [9.17, 15) is 9.59 Å². The van der Waals surface area contributed by atoms with Crippen LogP contribution in [-0.4, -0.2) is 46.1 Å². The minimum atomic E-state index is -0.550. The highest BCUT2D eigenvalue weighted by Crippen LogP contribution is 2.25. The number of benzene rings is 1. The Hall–Kier alpha value is -2.81. The molecule has 0 aliphatic carbocycles. The molecule has 2 rings (SSSR count). The van der Waals surface area contributed by atoms with E-state index in [2.05, 4.69) is 27.4 Å². The van der Waals surface area contributed by atoms with Gasteiger partial charge in [0.2, 0.25) is 5.91 Å². The first kappa shape index (κ1) is 19.5. The highest BCUT2D eigenvalue weighted by molar-refractivity contribution is 7.99. The first-order valence-electron chi connectivity index (χ1n) is 7.98. The molecular weight excluding hydrogens is 354 g/mol. The van der Waals surface area contributed by atoms with E-state index >= 15 is 0 Å². The molecule has 138 valence electrons. The zero-order valence-corrected chi connectivity index (χ0v) is 15.5. The average molecular weight is 375 g/mol. The van der Waals surface area contributed by atoms with Crippen molar-refractivity contribution in [2.24, 2.45) is 0 Å². The molecular formula is C17H21N5O3S. The molecule has 0 aliphatic rings. The fourth-order valence-corrected chi connectivity index (χ4v) is 2.94. The van der Waals surface area contributed by atoms with E-state index in [0.29, 0.717) is 24.1 Å². The van der Waals surface area contributed by atoms with Gasteiger partial charge in [0.05, 0.1) is 12.9 Å². The molecule has 0 spiro atoms. The number of hydrogen-bond donors (Lipinski definition) is 2. The van der Waals surface area contributed by atoms with Gasteiger partial charge in [0, 0.05) is 18.7 Å². The molecule has 1 aromatic carbocycles. The predicted molar refractivity (Wildman–Crippen MR) is 100 cm³/mol. The molecule has 26 heavy (non-hydrogen) atoms. The fraction of sp³-hybridized carbons (Fsp3) is 0.294. The van der Waals surface area contributed by atoms with Crippen LogP contribution >= 0.6 is 11.8 Å². The third-order valence-corrected chi connectivity index (χ3v) is 4.34. The topological polar surface area (TPSA) is 98.1 Å². The van der Waals surface area contributed by atoms with Gasteiger partial charge in [-0.1, -0.05) is 17.8 Å². The average Bonchev–Trinajstić information content (AvgIpc) is 3.07. The van der Waals surface area contributed by atoms with Crippen LogP contribution in [0.25, 0.3) is 11.4 Å². The number of methoxy groups -OCH3 is 1. The second-order valence-electron chi connectivity index (χ2n) is 5.11. The molecule has 9 heteroatoms. The Kier molecular flexibility index (Phi) is 7.22. The standard InChI is InChI=1S/C17H21N5O3S/c1-4-10-18-16(24)19-14(23)11-26-17-21-20-15(22(17)5-2)12-6-8-13(25-3)9-7-12/h4,6-9H,1,5,10-11H2,2-3H3,(H2,18,19,23,24). The first-order valence-corrected chi connectivity index (χ1v) is 8.96. The number of rotatable bonds is 8. The van der Waals surface area contributed by atoms with Crippen LogP contribution in [-0.2, 0) is 11.3 Å². The second-order valence-corrected chi connectivity index (χ2v) is 6.06. The molecule has 1 heterocycles. The zero-order chi connectivity index (χ0) is 18.9. The summed E-state index contributed by atoms with van der Waals surface area (Å²) in [5.74, 6) is 1.12. The van der Waals surface area contributed by atoms with Gasteiger partial charge in [-0.2, -0.15) is 0 Å². The fourth-order valence-electron chi connectivity index (χ4n) is 2.14. The van der Waals surface area contributed by atoms with E-state index in [1.807, 2.05) is 35.8 Å². The largest absolute Gasteiger partial charge is 0.497 e. The molecule has 0 saturated carbocycles. The van der Waals surface area contributed by atoms with Gasteiger partial charge >= 0.3 is 6.03 Å². The third kappa shape index (κ3) is 5.09. The summed E-state index contributed by atoms with van der Waals surface area (Å²) < 4.78 is 7.07. The van der Waals surface area contributed by atoms with Crippen molar-refractivity contribution in [3.05, 3.63) is 36.9 Å². The predicted octanol–water partition coefficient (Wildman–Crippen LogP) is 2.08. The second kappa shape index (κ2) is 9.62. The Morgan fingerprint density at radius 2 is 2.04 bits per heavy atom. The van der Waals surface area contributed by atoms with Crippen molar-refractivity contribution >= 4 is 23.7 Å². The molecule has 2 N–H and O–H groups in total. The van der Waals surface area contributed by atoms with Crippen LogP contribution in [0.2, 0.25) is 0 Å². The maximum absolute atomic E-state index is 11.8. The molecule has 0 unspecified atom stereocenters. The smallest absolute Gasteiger partial charge is 0.321 e. The molecule has 1 aromatic heterocycles. The Morgan fingerprint density at radius 1 is 1.31 bits per heavy atom. The minimum Gasteiger partial charge on any atom is -0.497 e. The third-order valence-electron chi connectivity index (χ3n) is 3.37. The molecule has 2 aromatic rings. The number of hydrogen-bond acceptors (Lipinski definition) is 6. The lowest BCUT2D eigenvalue weighted by Crippen LogP contribution is -2.40. The number of thioether (sulfide) groups is 1. The van der Waals surface area contributed by atoms with Crippen molar-refractivity contribution in [2.45, 2.75) is 18.6 Å². The van der Waals surface area contributed by atoms with Gasteiger partial charge in [-0.05, 0) is 31.2 Å². The van der Waals surface area contributed by atoms with E-state index in [0.717, 1.165) is 11.3 Å². The molecule has 0 aliphatic heterocycles. The SMILES string of the molecule is C=CCNC(=O)NC(=O)CSc1nnc(-c2ccc(OC)cc2)n1CC. The number of carbonyl (C=O) groups is 2. The van der Waals surface area contributed by atoms with E-state index in [-0.39, 0.29) is 5.75 Å². The van der Waals surface area contributed by atoms with Gasteiger partial charge in [-0.25, -0.2) is 4.79 Å². The first-order chi connectivity index (χ1) is 12.6. The van der Waals surface area contributed by atoms with Gasteiger partial charge < -0.3 is 14.6 Å². The Balaban J connectivity index is 2.02. The van der Waals surface area contributed by atoms with E-state index in [1.54, 1.807) is 7.11 Å². The number of nitrogens with one attached hydrogen (secondary N) is 2. The van der Waals surface area contributed by atoms with Crippen molar-refractivity contribution in [3.8, 4) is 17.1 Å². The molecule has 0 radical (unpaired) electrons. The van der Waals surface area contributed by atoms with E-state index in [1.165, 1.54) is 17.8 Å². The molecule has 0 bridgehead atoms. The van der Waals surface area contributed by atoms with Crippen LogP contribution in [0.1, 0.15) is 6.92 Å². The number of aromatic nitrogens is 3. The molecule has 0 atom stereocenters. The lowest BCUT2D eigenvalue weighted by atomic mass is 10.2. The van der Waals surface area contributed by atoms with Crippen LogP contribution in [0.3, 0.4) is 0 Å². The number of imide groups is 1. The van der Waals surface area contributed by atoms with Gasteiger partial charge in [-0.15, -0.1) is 16.8 Å². The number of carbonyl (C=O) groups excluding carboxylic acids is 2. The molecule has 3 amide bonds. The van der Waals surface area contributed by atoms with Crippen LogP contribution in [0.15, 0.2) is 42.1 Å². The minimum absolute atomic E-state index is 0.0578. The summed E-state index contributed by atoms with van der Waals surface area (Å²) in [5, 5.41) is 13.7. The summed E-state index contributed by atoms with van der Waals surface area (Å²) in [4.78, 5) is 23.3. The molecule has 0 fully saturated rings. The summed E-state index contributed by atoms with van der Waals surface area (Å²) >= 11 is 1.22. The zero-order valence-electron chi connectivity index (χ0n) is 14.7.